The largest absolute Gasteiger partial charge is 0.467 e. The first-order chi connectivity index (χ1) is 8.08. The van der Waals surface area contributed by atoms with E-state index < -0.39 is 23.5 Å². The maximum atomic E-state index is 11.2. The number of carbonyl (C=O) groups excluding carboxylic acids is 1. The Kier molecular flexibility index (Phi) is 4.41. The number of hydrogen-bond donors (Lipinski definition) is 2. The van der Waals surface area contributed by atoms with Crippen molar-refractivity contribution in [3.63, 3.8) is 0 Å². The van der Waals surface area contributed by atoms with Crippen LogP contribution in [0, 0.1) is 10.1 Å². The third-order valence-corrected chi connectivity index (χ3v) is 2.09. The third kappa shape index (κ3) is 3.42. The Morgan fingerprint density at radius 3 is 2.53 bits per heavy atom. The average Bonchev–Trinajstić information content (AvgIpc) is 2.35. The van der Waals surface area contributed by atoms with Gasteiger partial charge in [0, 0.05) is 17.8 Å². The molecule has 1 unspecified atom stereocenters. The summed E-state index contributed by atoms with van der Waals surface area (Å²) < 4.78 is 4.47. The number of esters is 1. The summed E-state index contributed by atoms with van der Waals surface area (Å²) in [6, 6.07) is 4.61. The highest BCUT2D eigenvalue weighted by molar-refractivity contribution is 5.79. The number of carbonyl (C=O) groups is 1. The van der Waals surface area contributed by atoms with Crippen LogP contribution in [0.4, 0.5) is 11.4 Å². The van der Waals surface area contributed by atoms with Gasteiger partial charge in [0.1, 0.15) is 6.04 Å². The van der Waals surface area contributed by atoms with Crippen molar-refractivity contribution >= 4 is 17.3 Å². The van der Waals surface area contributed by atoms with Crippen LogP contribution in [0.2, 0.25) is 0 Å². The Morgan fingerprint density at radius 1 is 1.53 bits per heavy atom. The van der Waals surface area contributed by atoms with Crippen molar-refractivity contribution in [2.45, 2.75) is 6.04 Å². The van der Waals surface area contributed by atoms with Crippen LogP contribution >= 0.6 is 0 Å². The van der Waals surface area contributed by atoms with Crippen LogP contribution in [0.1, 0.15) is 0 Å². The fraction of sp³-hybridized carbons (Fsp3) is 0.300. The summed E-state index contributed by atoms with van der Waals surface area (Å²) in [6.07, 6.45) is 0. The molecule has 92 valence electrons. The molecule has 1 rings (SSSR count). The third-order valence-electron chi connectivity index (χ3n) is 2.09. The second-order valence-corrected chi connectivity index (χ2v) is 3.21. The Hall–Kier alpha value is -2.15. The molecule has 1 aromatic rings. The molecule has 0 aliphatic heterocycles. The first kappa shape index (κ1) is 12.9. The number of anilines is 1. The molecule has 0 bridgehead atoms. The molecule has 0 saturated heterocycles. The highest BCUT2D eigenvalue weighted by Crippen LogP contribution is 2.16. The number of nitrogens with one attached hydrogen (secondary N) is 1. The Bertz CT molecular complexity index is 404. The molecule has 1 atom stereocenters. The Morgan fingerprint density at radius 2 is 2.12 bits per heavy atom. The molecule has 0 amide bonds. The Balaban J connectivity index is 2.74. The lowest BCUT2D eigenvalue weighted by Gasteiger charge is -2.14. The number of nitro benzene ring substituents is 1. The Labute approximate surface area is 97.2 Å². The van der Waals surface area contributed by atoms with Gasteiger partial charge in [-0.25, -0.2) is 4.79 Å². The minimum atomic E-state index is -0.888. The van der Waals surface area contributed by atoms with E-state index in [1.54, 1.807) is 0 Å². The van der Waals surface area contributed by atoms with Gasteiger partial charge in [0.15, 0.2) is 0 Å². The number of nitro groups is 1. The van der Waals surface area contributed by atoms with Gasteiger partial charge in [-0.05, 0) is 12.1 Å². The van der Waals surface area contributed by atoms with Crippen molar-refractivity contribution in [1.82, 2.24) is 0 Å². The number of benzene rings is 1. The van der Waals surface area contributed by atoms with Crippen LogP contribution in [-0.2, 0) is 9.53 Å². The van der Waals surface area contributed by atoms with Crippen molar-refractivity contribution in [1.29, 1.82) is 0 Å². The van der Waals surface area contributed by atoms with E-state index in [4.69, 9.17) is 5.11 Å². The van der Waals surface area contributed by atoms with Gasteiger partial charge in [-0.1, -0.05) is 0 Å². The van der Waals surface area contributed by atoms with Crippen molar-refractivity contribution < 1.29 is 19.6 Å². The molecule has 0 saturated carbocycles. The van der Waals surface area contributed by atoms with E-state index in [1.807, 2.05) is 0 Å². The van der Waals surface area contributed by atoms with E-state index in [9.17, 15) is 14.9 Å². The zero-order valence-electron chi connectivity index (χ0n) is 9.12. The fourth-order valence-corrected chi connectivity index (χ4v) is 1.20. The second kappa shape index (κ2) is 5.80. The molecule has 1 aromatic carbocycles. The minimum absolute atomic E-state index is 0.0471. The highest BCUT2D eigenvalue weighted by atomic mass is 16.6. The number of hydrogen-bond acceptors (Lipinski definition) is 6. The predicted octanol–water partition coefficient (Wildman–Crippen LogP) is 0.541. The number of aliphatic hydroxyl groups is 1. The van der Waals surface area contributed by atoms with Gasteiger partial charge in [0.25, 0.3) is 5.69 Å². The molecule has 7 heteroatoms. The molecule has 7 nitrogen and oxygen atoms in total. The second-order valence-electron chi connectivity index (χ2n) is 3.21. The van der Waals surface area contributed by atoms with E-state index in [2.05, 4.69) is 10.1 Å². The van der Waals surface area contributed by atoms with E-state index in [-0.39, 0.29) is 5.69 Å². The highest BCUT2D eigenvalue weighted by Gasteiger charge is 2.17. The van der Waals surface area contributed by atoms with E-state index in [0.717, 1.165) is 0 Å². The van der Waals surface area contributed by atoms with Crippen LogP contribution in [0.15, 0.2) is 24.3 Å². The molecule has 0 aliphatic rings. The van der Waals surface area contributed by atoms with Crippen LogP contribution in [-0.4, -0.2) is 35.8 Å². The number of aliphatic hydroxyl groups excluding tert-OH is 1. The molecule has 0 spiro atoms. The molecule has 0 aliphatic carbocycles. The predicted molar refractivity (Wildman–Crippen MR) is 59.6 cm³/mol. The summed E-state index contributed by atoms with van der Waals surface area (Å²) in [5.41, 5.74) is 0.439. The van der Waals surface area contributed by atoms with Gasteiger partial charge in [0.2, 0.25) is 0 Å². The lowest BCUT2D eigenvalue weighted by molar-refractivity contribution is -0.384. The lowest BCUT2D eigenvalue weighted by Crippen LogP contribution is -2.33. The van der Waals surface area contributed by atoms with E-state index >= 15 is 0 Å². The molecular formula is C10H12N2O5. The summed E-state index contributed by atoms with van der Waals surface area (Å²) in [4.78, 5) is 21.1. The molecule has 17 heavy (non-hydrogen) atoms. The molecule has 0 aromatic heterocycles. The lowest BCUT2D eigenvalue weighted by atomic mass is 10.2. The normalized spacial score (nSPS) is 11.6. The van der Waals surface area contributed by atoms with E-state index in [1.165, 1.54) is 31.4 Å². The minimum Gasteiger partial charge on any atom is -0.467 e. The first-order valence-corrected chi connectivity index (χ1v) is 4.78. The summed E-state index contributed by atoms with van der Waals surface area (Å²) >= 11 is 0. The monoisotopic (exact) mass is 240 g/mol. The quantitative estimate of drug-likeness (QED) is 0.442. The first-order valence-electron chi connectivity index (χ1n) is 4.78. The topological polar surface area (TPSA) is 102 Å². The van der Waals surface area contributed by atoms with Crippen LogP contribution in [0.5, 0.6) is 0 Å². The maximum Gasteiger partial charge on any atom is 0.330 e. The summed E-state index contributed by atoms with van der Waals surface area (Å²) in [5, 5.41) is 22.1. The van der Waals surface area contributed by atoms with E-state index in [0.29, 0.717) is 5.69 Å². The summed E-state index contributed by atoms with van der Waals surface area (Å²) in [5.74, 6) is -0.606. The number of rotatable bonds is 5. The summed E-state index contributed by atoms with van der Waals surface area (Å²) in [6.45, 7) is -0.427. The van der Waals surface area contributed by atoms with Gasteiger partial charge < -0.3 is 15.2 Å². The van der Waals surface area contributed by atoms with Gasteiger partial charge >= 0.3 is 5.97 Å². The molecule has 0 heterocycles. The van der Waals surface area contributed by atoms with Crippen LogP contribution in [0.25, 0.3) is 0 Å². The molecule has 0 fully saturated rings. The van der Waals surface area contributed by atoms with Crippen LogP contribution < -0.4 is 5.32 Å². The van der Waals surface area contributed by atoms with Gasteiger partial charge in [0.05, 0.1) is 18.6 Å². The van der Waals surface area contributed by atoms with Gasteiger partial charge in [-0.3, -0.25) is 10.1 Å². The number of ether oxygens (including phenoxy) is 1. The van der Waals surface area contributed by atoms with Crippen molar-refractivity contribution in [2.75, 3.05) is 19.0 Å². The van der Waals surface area contributed by atoms with Crippen molar-refractivity contribution in [3.8, 4) is 0 Å². The van der Waals surface area contributed by atoms with Crippen LogP contribution in [0.3, 0.4) is 0 Å². The maximum absolute atomic E-state index is 11.2. The molecular weight excluding hydrogens is 228 g/mol. The number of non-ortho nitro benzene ring substituents is 1. The SMILES string of the molecule is COC(=O)C(CO)Nc1ccc([N+](=O)[O-])cc1. The molecule has 2 N–H and O–H groups in total. The average molecular weight is 240 g/mol. The summed E-state index contributed by atoms with van der Waals surface area (Å²) in [7, 11) is 1.21. The van der Waals surface area contributed by atoms with Gasteiger partial charge in [-0.2, -0.15) is 0 Å². The number of nitrogens with zero attached hydrogens (tertiary/aromatic N) is 1. The fourth-order valence-electron chi connectivity index (χ4n) is 1.20. The standard InChI is InChI=1S/C10H12N2O5/c1-17-10(14)9(6-13)11-7-2-4-8(5-3-7)12(15)16/h2-5,9,11,13H,6H2,1H3. The van der Waals surface area contributed by atoms with Gasteiger partial charge in [-0.15, -0.1) is 0 Å². The van der Waals surface area contributed by atoms with Crippen molar-refractivity contribution in [3.05, 3.63) is 34.4 Å². The zero-order valence-corrected chi connectivity index (χ0v) is 9.12. The molecule has 0 radical (unpaired) electrons. The number of methoxy groups -OCH3 is 1. The van der Waals surface area contributed by atoms with Crippen molar-refractivity contribution in [2.24, 2.45) is 0 Å². The zero-order chi connectivity index (χ0) is 12.8. The smallest absolute Gasteiger partial charge is 0.330 e.